The van der Waals surface area contributed by atoms with Crippen LogP contribution in [0, 0.1) is 0 Å². The van der Waals surface area contributed by atoms with Crippen molar-refractivity contribution in [3.63, 3.8) is 0 Å². The summed E-state index contributed by atoms with van der Waals surface area (Å²) in [7, 11) is 1.58. The van der Waals surface area contributed by atoms with Gasteiger partial charge < -0.3 is 10.1 Å². The Morgan fingerprint density at radius 3 is 2.56 bits per heavy atom. The van der Waals surface area contributed by atoms with Gasteiger partial charge in [-0.25, -0.2) is 5.43 Å². The Hall–Kier alpha value is -2.57. The minimum absolute atomic E-state index is 0.198. The van der Waals surface area contributed by atoms with Gasteiger partial charge in [0.2, 0.25) is 0 Å². The first-order valence-electron chi connectivity index (χ1n) is 7.19. The number of hydrazone groups is 1. The van der Waals surface area contributed by atoms with Crippen LogP contribution >= 0.6 is 23.2 Å². The second-order valence-corrected chi connectivity index (χ2v) is 5.72. The summed E-state index contributed by atoms with van der Waals surface area (Å²) < 4.78 is 5.05. The Labute approximate surface area is 154 Å². The SMILES string of the molecule is COc1ccc(/C=N\NC(=O)CNC(=O)c2cc(Cl)ccc2Cl)cc1. The molecule has 0 saturated heterocycles. The summed E-state index contributed by atoms with van der Waals surface area (Å²) in [6, 6.07) is 11.6. The molecule has 130 valence electrons. The van der Waals surface area contributed by atoms with E-state index < -0.39 is 11.8 Å². The molecular formula is C17H15Cl2N3O3. The lowest BCUT2D eigenvalue weighted by molar-refractivity contribution is -0.120. The van der Waals surface area contributed by atoms with Crippen LogP contribution in [0.15, 0.2) is 47.6 Å². The van der Waals surface area contributed by atoms with Crippen LogP contribution in [0.4, 0.5) is 0 Å². The molecule has 0 spiro atoms. The molecule has 0 aliphatic carbocycles. The second-order valence-electron chi connectivity index (χ2n) is 4.87. The third-order valence-corrected chi connectivity index (χ3v) is 3.67. The van der Waals surface area contributed by atoms with Gasteiger partial charge >= 0.3 is 0 Å². The van der Waals surface area contributed by atoms with Crippen LogP contribution in [0.1, 0.15) is 15.9 Å². The van der Waals surface area contributed by atoms with Gasteiger partial charge in [-0.3, -0.25) is 9.59 Å². The predicted octanol–water partition coefficient (Wildman–Crippen LogP) is 2.88. The molecule has 0 atom stereocenters. The highest BCUT2D eigenvalue weighted by molar-refractivity contribution is 6.35. The zero-order valence-corrected chi connectivity index (χ0v) is 14.8. The van der Waals surface area contributed by atoms with Gasteiger partial charge in [-0.05, 0) is 48.0 Å². The monoisotopic (exact) mass is 379 g/mol. The van der Waals surface area contributed by atoms with Crippen LogP contribution in [0.25, 0.3) is 0 Å². The number of carbonyl (C=O) groups is 2. The molecule has 2 rings (SSSR count). The average Bonchev–Trinajstić information content (AvgIpc) is 2.62. The molecule has 0 fully saturated rings. The average molecular weight is 380 g/mol. The van der Waals surface area contributed by atoms with Gasteiger partial charge in [0.25, 0.3) is 11.8 Å². The van der Waals surface area contributed by atoms with Crippen molar-refractivity contribution in [3.05, 3.63) is 63.6 Å². The Morgan fingerprint density at radius 2 is 1.88 bits per heavy atom. The van der Waals surface area contributed by atoms with Crippen LogP contribution in [0.5, 0.6) is 5.75 Å². The number of hydrogen-bond donors (Lipinski definition) is 2. The maximum absolute atomic E-state index is 12.0. The molecule has 0 heterocycles. The molecule has 0 aromatic heterocycles. The van der Waals surface area contributed by atoms with Gasteiger partial charge in [0.1, 0.15) is 5.75 Å². The van der Waals surface area contributed by atoms with E-state index in [1.165, 1.54) is 18.3 Å². The van der Waals surface area contributed by atoms with E-state index in [9.17, 15) is 9.59 Å². The largest absolute Gasteiger partial charge is 0.497 e. The molecule has 2 aromatic rings. The van der Waals surface area contributed by atoms with Crippen LogP contribution < -0.4 is 15.5 Å². The van der Waals surface area contributed by atoms with Gasteiger partial charge in [-0.15, -0.1) is 0 Å². The molecule has 0 unspecified atom stereocenters. The molecule has 0 saturated carbocycles. The lowest BCUT2D eigenvalue weighted by atomic mass is 10.2. The Bertz CT molecular complexity index is 792. The molecule has 25 heavy (non-hydrogen) atoms. The van der Waals surface area contributed by atoms with E-state index >= 15 is 0 Å². The number of benzene rings is 2. The zero-order chi connectivity index (χ0) is 18.2. The number of ether oxygens (including phenoxy) is 1. The Morgan fingerprint density at radius 1 is 1.16 bits per heavy atom. The Balaban J connectivity index is 1.82. The highest BCUT2D eigenvalue weighted by Gasteiger charge is 2.12. The molecular weight excluding hydrogens is 365 g/mol. The molecule has 2 N–H and O–H groups in total. The second kappa shape index (κ2) is 9.05. The topological polar surface area (TPSA) is 79.8 Å². The molecule has 2 aromatic carbocycles. The number of nitrogens with zero attached hydrogens (tertiary/aromatic N) is 1. The first-order chi connectivity index (χ1) is 12.0. The predicted molar refractivity (Wildman–Crippen MR) is 97.5 cm³/mol. The van der Waals surface area contributed by atoms with E-state index in [4.69, 9.17) is 27.9 Å². The van der Waals surface area contributed by atoms with Gasteiger partial charge in [-0.2, -0.15) is 5.10 Å². The van der Waals surface area contributed by atoms with Crippen molar-refractivity contribution in [3.8, 4) is 5.75 Å². The number of rotatable bonds is 6. The van der Waals surface area contributed by atoms with Crippen molar-refractivity contribution < 1.29 is 14.3 Å². The van der Waals surface area contributed by atoms with Gasteiger partial charge in [0.15, 0.2) is 0 Å². The van der Waals surface area contributed by atoms with Gasteiger partial charge in [-0.1, -0.05) is 23.2 Å². The zero-order valence-electron chi connectivity index (χ0n) is 13.3. The van der Waals surface area contributed by atoms with Crippen molar-refractivity contribution in [2.24, 2.45) is 5.10 Å². The van der Waals surface area contributed by atoms with E-state index in [1.807, 2.05) is 0 Å². The number of halogens is 2. The Kier molecular flexibility index (Phi) is 6.80. The maximum atomic E-state index is 12.0. The summed E-state index contributed by atoms with van der Waals surface area (Å²) in [6.07, 6.45) is 1.48. The van der Waals surface area contributed by atoms with Crippen LogP contribution in [-0.2, 0) is 4.79 Å². The lowest BCUT2D eigenvalue weighted by Crippen LogP contribution is -2.35. The molecule has 2 amide bonds. The van der Waals surface area contributed by atoms with Crippen molar-refractivity contribution in [1.82, 2.24) is 10.7 Å². The molecule has 0 radical (unpaired) electrons. The fourth-order valence-electron chi connectivity index (χ4n) is 1.84. The molecule has 0 bridgehead atoms. The van der Waals surface area contributed by atoms with E-state index in [0.717, 1.165) is 11.3 Å². The number of methoxy groups -OCH3 is 1. The number of amides is 2. The smallest absolute Gasteiger partial charge is 0.259 e. The lowest BCUT2D eigenvalue weighted by Gasteiger charge is -2.06. The summed E-state index contributed by atoms with van der Waals surface area (Å²) in [5.41, 5.74) is 3.30. The van der Waals surface area contributed by atoms with Gasteiger partial charge in [0, 0.05) is 5.02 Å². The first-order valence-corrected chi connectivity index (χ1v) is 7.94. The number of carbonyl (C=O) groups excluding carboxylic acids is 2. The molecule has 0 aliphatic heterocycles. The highest BCUT2D eigenvalue weighted by atomic mass is 35.5. The van der Waals surface area contributed by atoms with Crippen LogP contribution in [0.3, 0.4) is 0 Å². The number of nitrogens with one attached hydrogen (secondary N) is 2. The van der Waals surface area contributed by atoms with Gasteiger partial charge in [0.05, 0.1) is 30.5 Å². The summed E-state index contributed by atoms with van der Waals surface area (Å²) >= 11 is 11.8. The van der Waals surface area contributed by atoms with Crippen molar-refractivity contribution in [2.45, 2.75) is 0 Å². The van der Waals surface area contributed by atoms with Crippen LogP contribution in [-0.4, -0.2) is 31.7 Å². The standard InChI is InChI=1S/C17H15Cl2N3O3/c1-25-13-5-2-11(3-6-13)9-21-22-16(23)10-20-17(24)14-8-12(18)4-7-15(14)19/h2-9H,10H2,1H3,(H,20,24)(H,22,23)/b21-9-. The first kappa shape index (κ1) is 18.8. The molecule has 6 nitrogen and oxygen atoms in total. The van der Waals surface area contributed by atoms with E-state index in [0.29, 0.717) is 5.02 Å². The van der Waals surface area contributed by atoms with E-state index in [2.05, 4.69) is 15.8 Å². The quantitative estimate of drug-likeness (QED) is 0.598. The fourth-order valence-corrected chi connectivity index (χ4v) is 2.21. The minimum atomic E-state index is -0.498. The third-order valence-electron chi connectivity index (χ3n) is 3.10. The minimum Gasteiger partial charge on any atom is -0.497 e. The summed E-state index contributed by atoms with van der Waals surface area (Å²) in [5.74, 6) is -0.248. The summed E-state index contributed by atoms with van der Waals surface area (Å²) in [4.78, 5) is 23.7. The molecule has 0 aliphatic rings. The van der Waals surface area contributed by atoms with Crippen molar-refractivity contribution >= 4 is 41.2 Å². The summed E-state index contributed by atoms with van der Waals surface area (Å²) in [5, 5.41) is 6.89. The third kappa shape index (κ3) is 5.77. The molecule has 8 heteroatoms. The summed E-state index contributed by atoms with van der Waals surface area (Å²) in [6.45, 7) is -0.248. The fraction of sp³-hybridized carbons (Fsp3) is 0.118. The van der Waals surface area contributed by atoms with Crippen molar-refractivity contribution in [1.29, 1.82) is 0 Å². The van der Waals surface area contributed by atoms with Crippen molar-refractivity contribution in [2.75, 3.05) is 13.7 Å². The number of hydrogen-bond acceptors (Lipinski definition) is 4. The van der Waals surface area contributed by atoms with Crippen LogP contribution in [0.2, 0.25) is 10.0 Å². The van der Waals surface area contributed by atoms with E-state index in [1.54, 1.807) is 37.4 Å². The van der Waals surface area contributed by atoms with E-state index in [-0.39, 0.29) is 17.1 Å². The normalized spacial score (nSPS) is 10.5. The maximum Gasteiger partial charge on any atom is 0.259 e. The highest BCUT2D eigenvalue weighted by Crippen LogP contribution is 2.20.